The zero-order chi connectivity index (χ0) is 16.3. The van der Waals surface area contributed by atoms with Crippen LogP contribution in [0.1, 0.15) is 18.9 Å². The molecule has 1 fully saturated rings. The van der Waals surface area contributed by atoms with Crippen LogP contribution in [0.25, 0.3) is 0 Å². The fourth-order valence-electron chi connectivity index (χ4n) is 2.45. The van der Waals surface area contributed by atoms with Crippen molar-refractivity contribution in [1.82, 2.24) is 4.90 Å². The Balaban J connectivity index is 1.89. The number of hydrogen-bond donors (Lipinski definition) is 0. The summed E-state index contributed by atoms with van der Waals surface area (Å²) in [5.74, 6) is 0.880. The van der Waals surface area contributed by atoms with Crippen molar-refractivity contribution in [1.29, 1.82) is 0 Å². The maximum absolute atomic E-state index is 12.1. The maximum atomic E-state index is 12.1. The van der Waals surface area contributed by atoms with Gasteiger partial charge in [-0.15, -0.1) is 0 Å². The Hall–Kier alpha value is -1.08. The minimum atomic E-state index is -3.03. The van der Waals surface area contributed by atoms with Crippen molar-refractivity contribution in [3.63, 3.8) is 0 Å². The first kappa shape index (κ1) is 17.3. The lowest BCUT2D eigenvalue weighted by atomic mass is 10.1. The van der Waals surface area contributed by atoms with Gasteiger partial charge in [-0.3, -0.25) is 4.79 Å². The quantitative estimate of drug-likeness (QED) is 0.746. The van der Waals surface area contributed by atoms with Crippen LogP contribution in [-0.2, 0) is 21.1 Å². The normalized spacial score (nSPS) is 15.5. The molecule has 1 heterocycles. The largest absolute Gasteiger partial charge is 0.496 e. The smallest absolute Gasteiger partial charge is 0.222 e. The van der Waals surface area contributed by atoms with Gasteiger partial charge in [0, 0.05) is 29.7 Å². The number of carbonyl (C=O) groups excluding carboxylic acids is 1. The van der Waals surface area contributed by atoms with Gasteiger partial charge in [0.15, 0.2) is 9.84 Å². The summed E-state index contributed by atoms with van der Waals surface area (Å²) >= 11 is 3.41. The highest BCUT2D eigenvalue weighted by Crippen LogP contribution is 2.25. The van der Waals surface area contributed by atoms with Gasteiger partial charge in [0.1, 0.15) is 5.75 Å². The Labute approximate surface area is 139 Å². The number of ether oxygens (including phenoxy) is 1. The average molecular weight is 390 g/mol. The zero-order valence-electron chi connectivity index (χ0n) is 12.7. The van der Waals surface area contributed by atoms with E-state index in [9.17, 15) is 13.2 Å². The number of nitrogens with zero attached hydrogens (tertiary/aromatic N) is 1. The summed E-state index contributed by atoms with van der Waals surface area (Å²) in [6, 6.07) is 5.68. The average Bonchev–Trinajstić information content (AvgIpc) is 2.43. The van der Waals surface area contributed by atoms with Gasteiger partial charge in [-0.25, -0.2) is 8.42 Å². The lowest BCUT2D eigenvalue weighted by Crippen LogP contribution is -2.57. The number of amides is 1. The van der Waals surface area contributed by atoms with Gasteiger partial charge in [-0.1, -0.05) is 22.9 Å². The topological polar surface area (TPSA) is 63.7 Å². The van der Waals surface area contributed by atoms with Crippen molar-refractivity contribution in [3.8, 4) is 5.75 Å². The van der Waals surface area contributed by atoms with Gasteiger partial charge in [-0.2, -0.15) is 0 Å². The zero-order valence-corrected chi connectivity index (χ0v) is 15.1. The lowest BCUT2D eigenvalue weighted by Gasteiger charge is -2.38. The molecule has 0 spiro atoms. The van der Waals surface area contributed by atoms with Gasteiger partial charge in [0.25, 0.3) is 0 Å². The van der Waals surface area contributed by atoms with Crippen LogP contribution >= 0.6 is 15.9 Å². The number of likely N-dealkylation sites (tertiary alicyclic amines) is 1. The first-order chi connectivity index (χ1) is 10.4. The number of sulfone groups is 1. The minimum Gasteiger partial charge on any atom is -0.496 e. The van der Waals surface area contributed by atoms with Crippen molar-refractivity contribution < 1.29 is 17.9 Å². The molecule has 0 unspecified atom stereocenters. The summed E-state index contributed by atoms with van der Waals surface area (Å²) in [6.45, 7) is 2.29. The number of hydrogen-bond acceptors (Lipinski definition) is 4. The van der Waals surface area contributed by atoms with E-state index >= 15 is 0 Å². The maximum Gasteiger partial charge on any atom is 0.222 e. The highest BCUT2D eigenvalue weighted by molar-refractivity contribution is 9.10. The third-order valence-electron chi connectivity index (χ3n) is 3.96. The van der Waals surface area contributed by atoms with Gasteiger partial charge in [0.05, 0.1) is 12.4 Å². The van der Waals surface area contributed by atoms with Crippen LogP contribution in [0.3, 0.4) is 0 Å². The van der Waals surface area contributed by atoms with Gasteiger partial charge in [0.2, 0.25) is 5.91 Å². The van der Waals surface area contributed by atoms with Crippen molar-refractivity contribution in [2.75, 3.05) is 26.0 Å². The second kappa shape index (κ2) is 7.00. The van der Waals surface area contributed by atoms with Crippen LogP contribution in [0, 0.1) is 0 Å². The molecular formula is C15H20BrNO4S. The van der Waals surface area contributed by atoms with Gasteiger partial charge < -0.3 is 9.64 Å². The lowest BCUT2D eigenvalue weighted by molar-refractivity contribution is -0.134. The number of halogens is 1. The number of carbonyl (C=O) groups is 1. The molecule has 5 nitrogen and oxygen atoms in total. The molecule has 0 bridgehead atoms. The standard InChI is InChI=1S/C15H20BrNO4S/c1-3-22(19,20)13-9-17(10-13)15(18)7-4-11-8-12(16)5-6-14(11)21-2/h5-6,8,13H,3-4,7,9-10H2,1-2H3. The molecule has 2 rings (SSSR count). The number of methoxy groups -OCH3 is 1. The van der Waals surface area contributed by atoms with E-state index in [0.717, 1.165) is 15.8 Å². The third-order valence-corrected chi connectivity index (χ3v) is 6.57. The highest BCUT2D eigenvalue weighted by atomic mass is 79.9. The molecule has 0 aliphatic carbocycles. The molecule has 122 valence electrons. The van der Waals surface area contributed by atoms with Crippen molar-refractivity contribution >= 4 is 31.7 Å². The minimum absolute atomic E-state index is 0.00965. The number of rotatable bonds is 6. The molecule has 0 aromatic heterocycles. The van der Waals surface area contributed by atoms with E-state index in [1.54, 1.807) is 18.9 Å². The Morgan fingerprint density at radius 1 is 1.41 bits per heavy atom. The van der Waals surface area contributed by atoms with Crippen LogP contribution < -0.4 is 4.74 Å². The van der Waals surface area contributed by atoms with Crippen LogP contribution in [0.5, 0.6) is 5.75 Å². The predicted octanol–water partition coefficient (Wildman–Crippen LogP) is 2.04. The van der Waals surface area contributed by atoms with Crippen molar-refractivity contribution in [2.45, 2.75) is 25.0 Å². The van der Waals surface area contributed by atoms with E-state index in [2.05, 4.69) is 15.9 Å². The Morgan fingerprint density at radius 2 is 2.09 bits per heavy atom. The van der Waals surface area contributed by atoms with Crippen molar-refractivity contribution in [3.05, 3.63) is 28.2 Å². The van der Waals surface area contributed by atoms with Crippen molar-refractivity contribution in [2.24, 2.45) is 0 Å². The first-order valence-electron chi connectivity index (χ1n) is 7.19. The fourth-order valence-corrected chi connectivity index (χ4v) is 4.14. The second-order valence-corrected chi connectivity index (χ2v) is 8.81. The summed E-state index contributed by atoms with van der Waals surface area (Å²) in [5.41, 5.74) is 0.962. The Bertz CT molecular complexity index is 654. The summed E-state index contributed by atoms with van der Waals surface area (Å²) in [7, 11) is -1.43. The van der Waals surface area contributed by atoms with E-state index in [1.807, 2.05) is 18.2 Å². The number of aryl methyl sites for hydroxylation is 1. The third kappa shape index (κ3) is 3.81. The molecule has 1 aromatic carbocycles. The first-order valence-corrected chi connectivity index (χ1v) is 9.70. The van der Waals surface area contributed by atoms with E-state index in [0.29, 0.717) is 25.9 Å². The van der Waals surface area contributed by atoms with Crippen LogP contribution in [0.2, 0.25) is 0 Å². The fraction of sp³-hybridized carbons (Fsp3) is 0.533. The van der Waals surface area contributed by atoms with Crippen LogP contribution in [0.4, 0.5) is 0 Å². The van der Waals surface area contributed by atoms with E-state index in [4.69, 9.17) is 4.74 Å². The summed E-state index contributed by atoms with van der Waals surface area (Å²) in [4.78, 5) is 13.7. The molecule has 1 aliphatic heterocycles. The van der Waals surface area contributed by atoms with E-state index in [-0.39, 0.29) is 16.9 Å². The van der Waals surface area contributed by atoms with E-state index in [1.165, 1.54) is 0 Å². The molecule has 1 aromatic rings. The summed E-state index contributed by atoms with van der Waals surface area (Å²) in [6.07, 6.45) is 0.925. The second-order valence-electron chi connectivity index (χ2n) is 5.33. The summed E-state index contributed by atoms with van der Waals surface area (Å²) < 4.78 is 29.6. The van der Waals surface area contributed by atoms with Gasteiger partial charge >= 0.3 is 0 Å². The SMILES string of the molecule is CCS(=O)(=O)C1CN(C(=O)CCc2cc(Br)ccc2OC)C1. The summed E-state index contributed by atoms with van der Waals surface area (Å²) in [5, 5.41) is -0.387. The molecule has 22 heavy (non-hydrogen) atoms. The highest BCUT2D eigenvalue weighted by Gasteiger charge is 2.38. The van der Waals surface area contributed by atoms with Gasteiger partial charge in [-0.05, 0) is 30.2 Å². The molecule has 1 amide bonds. The predicted molar refractivity (Wildman–Crippen MR) is 88.8 cm³/mol. The molecule has 0 N–H and O–H groups in total. The Morgan fingerprint density at radius 3 is 2.68 bits per heavy atom. The van der Waals surface area contributed by atoms with Crippen LogP contribution in [-0.4, -0.2) is 50.4 Å². The number of benzene rings is 1. The molecule has 7 heteroatoms. The molecule has 0 saturated carbocycles. The van der Waals surface area contributed by atoms with Crippen LogP contribution in [0.15, 0.2) is 22.7 Å². The Kier molecular flexibility index (Phi) is 5.50. The molecule has 1 saturated heterocycles. The molecule has 0 radical (unpaired) electrons. The van der Waals surface area contributed by atoms with E-state index < -0.39 is 9.84 Å². The molecular weight excluding hydrogens is 370 g/mol. The molecule has 1 aliphatic rings. The monoisotopic (exact) mass is 389 g/mol. The molecule has 0 atom stereocenters.